The lowest BCUT2D eigenvalue weighted by Gasteiger charge is -2.25. The van der Waals surface area contributed by atoms with Gasteiger partial charge in [0.05, 0.1) is 7.11 Å². The molecule has 0 aliphatic heterocycles. The summed E-state index contributed by atoms with van der Waals surface area (Å²) in [6.45, 7) is 4.11. The van der Waals surface area contributed by atoms with Crippen LogP contribution < -0.4 is 10.1 Å². The van der Waals surface area contributed by atoms with E-state index < -0.39 is 5.54 Å². The topological polar surface area (TPSA) is 47.6 Å². The Bertz CT molecular complexity index is 500. The van der Waals surface area contributed by atoms with Gasteiger partial charge in [-0.2, -0.15) is 0 Å². The molecule has 1 aromatic carbocycles. The lowest BCUT2D eigenvalue weighted by Crippen LogP contribution is -2.49. The number of ether oxygens (including phenoxy) is 2. The van der Waals surface area contributed by atoms with E-state index >= 15 is 0 Å². The second-order valence-electron chi connectivity index (χ2n) is 5.58. The van der Waals surface area contributed by atoms with Crippen molar-refractivity contribution in [2.75, 3.05) is 14.2 Å². The number of esters is 1. The maximum Gasteiger partial charge on any atom is 0.326 e. The lowest BCUT2D eigenvalue weighted by molar-refractivity contribution is -0.148. The first kappa shape index (κ1) is 14.9. The summed E-state index contributed by atoms with van der Waals surface area (Å²) in [7, 11) is 3.23. The van der Waals surface area contributed by atoms with Crippen molar-refractivity contribution in [1.82, 2.24) is 5.32 Å². The van der Waals surface area contributed by atoms with Crippen molar-refractivity contribution in [3.63, 3.8) is 0 Å². The lowest BCUT2D eigenvalue weighted by atomic mass is 9.98. The summed E-state index contributed by atoms with van der Waals surface area (Å²) in [6.07, 6.45) is 2.28. The quantitative estimate of drug-likeness (QED) is 0.858. The van der Waals surface area contributed by atoms with Crippen LogP contribution in [0.15, 0.2) is 18.2 Å². The van der Waals surface area contributed by atoms with Crippen LogP contribution in [-0.2, 0) is 9.53 Å². The Kier molecular flexibility index (Phi) is 4.33. The highest BCUT2D eigenvalue weighted by atomic mass is 16.5. The van der Waals surface area contributed by atoms with Gasteiger partial charge in [0, 0.05) is 6.42 Å². The summed E-state index contributed by atoms with van der Waals surface area (Å²) in [5.41, 5.74) is 1.75. The smallest absolute Gasteiger partial charge is 0.326 e. The van der Waals surface area contributed by atoms with Crippen molar-refractivity contribution in [3.8, 4) is 5.75 Å². The highest BCUT2D eigenvalue weighted by Crippen LogP contribution is 2.34. The van der Waals surface area contributed by atoms with Gasteiger partial charge in [-0.15, -0.1) is 0 Å². The summed E-state index contributed by atoms with van der Waals surface area (Å²) in [5.74, 6) is 0.698. The van der Waals surface area contributed by atoms with Crippen molar-refractivity contribution in [2.24, 2.45) is 0 Å². The largest absolute Gasteiger partial charge is 0.490 e. The molecule has 4 nitrogen and oxygen atoms in total. The molecule has 0 amide bonds. The normalized spacial score (nSPS) is 25.5. The maximum absolute atomic E-state index is 11.9. The number of hydrogen-bond donors (Lipinski definition) is 1. The van der Waals surface area contributed by atoms with Crippen LogP contribution in [0.4, 0.5) is 0 Å². The summed E-state index contributed by atoms with van der Waals surface area (Å²) >= 11 is 0. The molecule has 1 fully saturated rings. The van der Waals surface area contributed by atoms with Crippen LogP contribution in [0.3, 0.4) is 0 Å². The molecule has 20 heavy (non-hydrogen) atoms. The van der Waals surface area contributed by atoms with Gasteiger partial charge in [-0.1, -0.05) is 17.7 Å². The van der Waals surface area contributed by atoms with Crippen molar-refractivity contribution < 1.29 is 14.3 Å². The number of methoxy groups -OCH3 is 1. The van der Waals surface area contributed by atoms with Crippen LogP contribution >= 0.6 is 0 Å². The van der Waals surface area contributed by atoms with Gasteiger partial charge in [0.25, 0.3) is 0 Å². The molecule has 0 radical (unpaired) electrons. The minimum atomic E-state index is -0.599. The van der Waals surface area contributed by atoms with E-state index in [1.54, 1.807) is 7.05 Å². The first-order chi connectivity index (χ1) is 9.50. The predicted octanol–water partition coefficient (Wildman–Crippen LogP) is 2.37. The van der Waals surface area contributed by atoms with Crippen molar-refractivity contribution >= 4 is 5.97 Å². The molecule has 0 aromatic heterocycles. The maximum atomic E-state index is 11.9. The van der Waals surface area contributed by atoms with Crippen molar-refractivity contribution in [2.45, 2.75) is 44.8 Å². The molecule has 0 bridgehead atoms. The minimum Gasteiger partial charge on any atom is -0.490 e. The van der Waals surface area contributed by atoms with Crippen LogP contribution in [0, 0.1) is 13.8 Å². The number of aryl methyl sites for hydroxylation is 2. The van der Waals surface area contributed by atoms with Crippen molar-refractivity contribution in [1.29, 1.82) is 0 Å². The Morgan fingerprint density at radius 1 is 1.40 bits per heavy atom. The van der Waals surface area contributed by atoms with E-state index in [9.17, 15) is 4.79 Å². The molecule has 2 atom stereocenters. The fourth-order valence-electron chi connectivity index (χ4n) is 2.92. The molecule has 0 spiro atoms. The van der Waals surface area contributed by atoms with Gasteiger partial charge in [0.1, 0.15) is 17.4 Å². The number of hydrogen-bond acceptors (Lipinski definition) is 4. The zero-order valence-electron chi connectivity index (χ0n) is 12.7. The summed E-state index contributed by atoms with van der Waals surface area (Å²) in [5, 5.41) is 3.11. The van der Waals surface area contributed by atoms with Crippen LogP contribution in [0.1, 0.15) is 30.4 Å². The van der Waals surface area contributed by atoms with Crippen LogP contribution in [0.2, 0.25) is 0 Å². The SMILES string of the molecule is CNC1(C(=O)OC)CCC(Oc2ccc(C)cc2C)C1. The number of nitrogens with one attached hydrogen (secondary N) is 1. The first-order valence-corrected chi connectivity index (χ1v) is 7.02. The Hall–Kier alpha value is -1.55. The Labute approximate surface area is 120 Å². The van der Waals surface area contributed by atoms with Crippen LogP contribution in [-0.4, -0.2) is 31.8 Å². The zero-order valence-corrected chi connectivity index (χ0v) is 12.7. The molecule has 2 rings (SSSR count). The monoisotopic (exact) mass is 277 g/mol. The van der Waals surface area contributed by atoms with Gasteiger partial charge in [-0.25, -0.2) is 0 Å². The summed E-state index contributed by atoms with van der Waals surface area (Å²) in [6, 6.07) is 6.15. The van der Waals surface area contributed by atoms with Gasteiger partial charge in [0.2, 0.25) is 0 Å². The Morgan fingerprint density at radius 3 is 2.75 bits per heavy atom. The summed E-state index contributed by atoms with van der Waals surface area (Å²) in [4.78, 5) is 11.9. The average Bonchev–Trinajstić information content (AvgIpc) is 2.86. The Balaban J connectivity index is 2.08. The molecule has 1 saturated carbocycles. The highest BCUT2D eigenvalue weighted by Gasteiger charge is 2.46. The molecule has 1 aromatic rings. The van der Waals surface area contributed by atoms with E-state index in [0.29, 0.717) is 6.42 Å². The number of benzene rings is 1. The molecular weight excluding hydrogens is 254 g/mol. The van der Waals surface area contributed by atoms with Gasteiger partial charge >= 0.3 is 5.97 Å². The van der Waals surface area contributed by atoms with E-state index in [4.69, 9.17) is 9.47 Å². The van der Waals surface area contributed by atoms with Gasteiger partial charge < -0.3 is 14.8 Å². The van der Waals surface area contributed by atoms with Gasteiger partial charge in [0.15, 0.2) is 0 Å². The van der Waals surface area contributed by atoms with E-state index in [2.05, 4.69) is 18.3 Å². The standard InChI is InChI=1S/C16H23NO3/c1-11-5-6-14(12(2)9-11)20-13-7-8-16(10-13,17-3)15(18)19-4/h5-6,9,13,17H,7-8,10H2,1-4H3. The third-order valence-electron chi connectivity index (χ3n) is 4.15. The Morgan fingerprint density at radius 2 is 2.15 bits per heavy atom. The van der Waals surface area contributed by atoms with Gasteiger partial charge in [-0.3, -0.25) is 4.79 Å². The molecule has 2 unspecified atom stereocenters. The van der Waals surface area contributed by atoms with Crippen molar-refractivity contribution in [3.05, 3.63) is 29.3 Å². The highest BCUT2D eigenvalue weighted by molar-refractivity contribution is 5.81. The predicted molar refractivity (Wildman–Crippen MR) is 78.0 cm³/mol. The number of carbonyl (C=O) groups is 1. The molecular formula is C16H23NO3. The minimum absolute atomic E-state index is 0.0444. The van der Waals surface area contributed by atoms with Crippen LogP contribution in [0.5, 0.6) is 5.75 Å². The number of carbonyl (C=O) groups excluding carboxylic acids is 1. The third kappa shape index (κ3) is 2.80. The molecule has 0 heterocycles. The fourth-order valence-corrected chi connectivity index (χ4v) is 2.92. The molecule has 4 heteroatoms. The molecule has 1 N–H and O–H groups in total. The number of rotatable bonds is 4. The second kappa shape index (κ2) is 5.83. The second-order valence-corrected chi connectivity index (χ2v) is 5.58. The molecule has 1 aliphatic carbocycles. The van der Waals surface area contributed by atoms with E-state index in [0.717, 1.165) is 24.2 Å². The van der Waals surface area contributed by atoms with E-state index in [-0.39, 0.29) is 12.1 Å². The third-order valence-corrected chi connectivity index (χ3v) is 4.15. The van der Waals surface area contributed by atoms with Crippen LogP contribution in [0.25, 0.3) is 0 Å². The van der Waals surface area contributed by atoms with Gasteiger partial charge in [-0.05, 0) is 45.4 Å². The van der Waals surface area contributed by atoms with E-state index in [1.165, 1.54) is 12.7 Å². The molecule has 110 valence electrons. The molecule has 1 aliphatic rings. The molecule has 0 saturated heterocycles. The average molecular weight is 277 g/mol. The number of likely N-dealkylation sites (N-methyl/N-ethyl adjacent to an activating group) is 1. The summed E-state index contributed by atoms with van der Waals surface area (Å²) < 4.78 is 11.0. The first-order valence-electron chi connectivity index (χ1n) is 7.02. The van der Waals surface area contributed by atoms with E-state index in [1.807, 2.05) is 19.1 Å². The fraction of sp³-hybridized carbons (Fsp3) is 0.562. The zero-order chi connectivity index (χ0) is 14.8.